The number of likely N-dealkylation sites (tertiary alicyclic amines) is 1. The van der Waals surface area contributed by atoms with Crippen molar-refractivity contribution in [3.05, 3.63) is 42.5 Å². The number of anilines is 1. The van der Waals surface area contributed by atoms with Crippen LogP contribution in [0, 0.1) is 11.8 Å². The molecular formula is C28H35N3O4S. The van der Waals surface area contributed by atoms with Crippen LogP contribution in [-0.2, 0) is 14.4 Å². The Labute approximate surface area is 216 Å². The number of nitrogens with one attached hydrogen (secondary N) is 2. The zero-order valence-electron chi connectivity index (χ0n) is 20.7. The van der Waals surface area contributed by atoms with Crippen LogP contribution in [0.4, 0.5) is 5.69 Å². The number of fused-ring (bicyclic) bond motifs is 2. The molecule has 2 bridgehead atoms. The third-order valence-electron chi connectivity index (χ3n) is 7.97. The Hall–Kier alpha value is -2.58. The number of rotatable bonds is 10. The molecule has 2 aromatic carbocycles. The van der Waals surface area contributed by atoms with Crippen molar-refractivity contribution in [2.75, 3.05) is 25.0 Å². The average Bonchev–Trinajstić information content (AvgIpc) is 3.52. The maximum atomic E-state index is 13.9. The highest BCUT2D eigenvalue weighted by molar-refractivity contribution is 8.02. The monoisotopic (exact) mass is 509 g/mol. The molecule has 0 saturated carbocycles. The fourth-order valence-corrected chi connectivity index (χ4v) is 8.63. The summed E-state index contributed by atoms with van der Waals surface area (Å²) >= 11 is 1.70. The summed E-state index contributed by atoms with van der Waals surface area (Å²) in [4.78, 5) is 42.7. The fraction of sp³-hybridized carbons (Fsp3) is 0.536. The number of carbonyl (C=O) groups is 3. The Morgan fingerprint density at radius 3 is 2.69 bits per heavy atom. The predicted molar refractivity (Wildman–Crippen MR) is 143 cm³/mol. The smallest absolute Gasteiger partial charge is 0.248 e. The molecule has 3 heterocycles. The van der Waals surface area contributed by atoms with E-state index in [4.69, 9.17) is 0 Å². The molecular weight excluding hydrogens is 474 g/mol. The molecule has 7 nitrogen and oxygen atoms in total. The summed E-state index contributed by atoms with van der Waals surface area (Å²) < 4.78 is -0.576. The topological polar surface area (TPSA) is 98.7 Å². The molecule has 3 aliphatic heterocycles. The van der Waals surface area contributed by atoms with Gasteiger partial charge in [-0.2, -0.15) is 0 Å². The highest BCUT2D eigenvalue weighted by Crippen LogP contribution is 2.66. The molecule has 0 aliphatic carbocycles. The van der Waals surface area contributed by atoms with Gasteiger partial charge in [0.2, 0.25) is 17.7 Å². The fourth-order valence-electron chi connectivity index (χ4n) is 6.41. The molecule has 0 aromatic heterocycles. The van der Waals surface area contributed by atoms with Crippen molar-refractivity contribution in [1.82, 2.24) is 10.2 Å². The maximum Gasteiger partial charge on any atom is 0.248 e. The first-order chi connectivity index (χ1) is 17.5. The number of benzene rings is 2. The second-order valence-electron chi connectivity index (χ2n) is 10.2. The summed E-state index contributed by atoms with van der Waals surface area (Å²) in [5.74, 6) is -1.15. The van der Waals surface area contributed by atoms with Crippen LogP contribution in [-0.4, -0.2) is 63.5 Å². The van der Waals surface area contributed by atoms with Gasteiger partial charge < -0.3 is 20.6 Å². The van der Waals surface area contributed by atoms with Crippen molar-refractivity contribution in [1.29, 1.82) is 0 Å². The third kappa shape index (κ3) is 4.28. The summed E-state index contributed by atoms with van der Waals surface area (Å²) in [7, 11) is 0. The first kappa shape index (κ1) is 25.1. The van der Waals surface area contributed by atoms with Crippen LogP contribution in [0.1, 0.15) is 45.4 Å². The molecule has 2 aromatic rings. The Morgan fingerprint density at radius 2 is 1.92 bits per heavy atom. The van der Waals surface area contributed by atoms with Crippen LogP contribution >= 0.6 is 11.8 Å². The number of amides is 3. The minimum Gasteiger partial charge on any atom is -0.396 e. The number of carbonyl (C=O) groups excluding carboxylic acids is 3. The molecule has 1 spiro atoms. The number of unbranched alkanes of at least 4 members (excludes halogenated alkanes) is 2. The van der Waals surface area contributed by atoms with E-state index in [1.807, 2.05) is 49.4 Å². The number of aliphatic hydroxyl groups is 1. The van der Waals surface area contributed by atoms with Gasteiger partial charge in [0.05, 0.1) is 16.6 Å². The van der Waals surface area contributed by atoms with Gasteiger partial charge in [0.15, 0.2) is 0 Å². The van der Waals surface area contributed by atoms with E-state index in [1.54, 1.807) is 16.7 Å². The molecule has 0 radical (unpaired) electrons. The molecule has 5 rings (SSSR count). The number of hydrogen-bond donors (Lipinski definition) is 3. The first-order valence-electron chi connectivity index (χ1n) is 13.2. The van der Waals surface area contributed by atoms with E-state index in [0.717, 1.165) is 42.9 Å². The van der Waals surface area contributed by atoms with Gasteiger partial charge in [0, 0.05) is 30.6 Å². The van der Waals surface area contributed by atoms with Gasteiger partial charge in [0.1, 0.15) is 6.04 Å². The lowest BCUT2D eigenvalue weighted by Gasteiger charge is -2.34. The normalized spacial score (nSPS) is 28.5. The molecule has 3 saturated heterocycles. The van der Waals surface area contributed by atoms with E-state index < -0.39 is 16.7 Å². The van der Waals surface area contributed by atoms with Gasteiger partial charge in [-0.05, 0) is 61.4 Å². The van der Waals surface area contributed by atoms with Crippen LogP contribution in [0.5, 0.6) is 0 Å². The molecule has 192 valence electrons. The first-order valence-corrected chi connectivity index (χ1v) is 14.0. The van der Waals surface area contributed by atoms with Crippen molar-refractivity contribution in [3.8, 4) is 0 Å². The van der Waals surface area contributed by atoms with Crippen molar-refractivity contribution < 1.29 is 19.5 Å². The van der Waals surface area contributed by atoms with Crippen molar-refractivity contribution in [2.45, 2.75) is 61.5 Å². The van der Waals surface area contributed by atoms with E-state index >= 15 is 0 Å². The average molecular weight is 510 g/mol. The van der Waals surface area contributed by atoms with Gasteiger partial charge in [-0.3, -0.25) is 14.4 Å². The molecule has 8 heteroatoms. The van der Waals surface area contributed by atoms with Crippen LogP contribution in [0.15, 0.2) is 42.5 Å². The van der Waals surface area contributed by atoms with Crippen molar-refractivity contribution in [2.24, 2.45) is 11.8 Å². The van der Waals surface area contributed by atoms with E-state index in [-0.39, 0.29) is 35.5 Å². The number of nitrogens with zero attached hydrogens (tertiary/aromatic N) is 1. The van der Waals surface area contributed by atoms with E-state index in [2.05, 4.69) is 10.6 Å². The van der Waals surface area contributed by atoms with E-state index in [1.165, 1.54) is 0 Å². The lowest BCUT2D eigenvalue weighted by molar-refractivity contribution is -0.139. The number of thioether (sulfide) groups is 1. The number of hydrogen-bond acceptors (Lipinski definition) is 5. The molecule has 3 amide bonds. The van der Waals surface area contributed by atoms with E-state index in [0.29, 0.717) is 25.2 Å². The summed E-state index contributed by atoms with van der Waals surface area (Å²) in [6, 6.07) is 13.2. The van der Waals surface area contributed by atoms with Crippen molar-refractivity contribution >= 4 is 45.9 Å². The lowest BCUT2D eigenvalue weighted by atomic mass is 9.70. The van der Waals surface area contributed by atoms with Gasteiger partial charge in [-0.25, -0.2) is 0 Å². The SMILES string of the molecule is CCCNC(=O)[C@@H]1[C@H]2C(=O)N(CCCCCO)C(C(=O)Nc3ccc4ccccc4c3)C23CC[C@H]1S3. The summed E-state index contributed by atoms with van der Waals surface area (Å²) in [6.07, 6.45) is 4.62. The Balaban J connectivity index is 1.44. The second kappa shape index (κ2) is 10.4. The third-order valence-corrected chi connectivity index (χ3v) is 9.93. The lowest BCUT2D eigenvalue weighted by Crippen LogP contribution is -2.51. The molecule has 5 atom stereocenters. The minimum atomic E-state index is -0.616. The van der Waals surface area contributed by atoms with Crippen LogP contribution in [0.25, 0.3) is 10.8 Å². The van der Waals surface area contributed by atoms with Crippen LogP contribution in [0.3, 0.4) is 0 Å². The quantitative estimate of drug-likeness (QED) is 0.426. The van der Waals surface area contributed by atoms with Gasteiger partial charge in [-0.1, -0.05) is 37.3 Å². The summed E-state index contributed by atoms with van der Waals surface area (Å²) in [6.45, 7) is 3.18. The molecule has 3 aliphatic rings. The molecule has 2 unspecified atom stereocenters. The highest BCUT2D eigenvalue weighted by atomic mass is 32.2. The van der Waals surface area contributed by atoms with Crippen molar-refractivity contribution in [3.63, 3.8) is 0 Å². The van der Waals surface area contributed by atoms with Gasteiger partial charge >= 0.3 is 0 Å². The predicted octanol–water partition coefficient (Wildman–Crippen LogP) is 3.56. The summed E-state index contributed by atoms with van der Waals surface area (Å²) in [5.41, 5.74) is 0.709. The van der Waals surface area contributed by atoms with E-state index in [9.17, 15) is 19.5 Å². The molecule has 3 N–H and O–H groups in total. The Bertz CT molecular complexity index is 1160. The summed E-state index contributed by atoms with van der Waals surface area (Å²) in [5, 5.41) is 17.5. The van der Waals surface area contributed by atoms with Crippen LogP contribution < -0.4 is 10.6 Å². The highest BCUT2D eigenvalue weighted by Gasteiger charge is 2.73. The number of aliphatic hydroxyl groups excluding tert-OH is 1. The largest absolute Gasteiger partial charge is 0.396 e. The Morgan fingerprint density at radius 1 is 1.11 bits per heavy atom. The van der Waals surface area contributed by atoms with Crippen LogP contribution in [0.2, 0.25) is 0 Å². The second-order valence-corrected chi connectivity index (χ2v) is 11.8. The van der Waals surface area contributed by atoms with Gasteiger partial charge in [-0.15, -0.1) is 11.8 Å². The standard InChI is InChI=1S/C28H35N3O4S/c1-2-14-29-25(33)22-21-12-13-28(36-21)23(22)27(35)31(15-6-3-7-16-32)24(28)26(34)30-20-11-10-18-8-4-5-9-19(18)17-20/h4-5,8-11,17,21-24,32H,2-3,6-7,12-16H2,1H3,(H,29,33)(H,30,34)/t21-,22+,23+,24?,28?/m1/s1. The zero-order chi connectivity index (χ0) is 25.3. The van der Waals surface area contributed by atoms with Gasteiger partial charge in [0.25, 0.3) is 0 Å². The minimum absolute atomic E-state index is 0.0508. The molecule has 36 heavy (non-hydrogen) atoms. The zero-order valence-corrected chi connectivity index (χ0v) is 21.6. The molecule has 3 fully saturated rings. The maximum absolute atomic E-state index is 13.9. The Kier molecular flexibility index (Phi) is 7.26.